The predicted octanol–water partition coefficient (Wildman–Crippen LogP) is 3.16. The minimum absolute atomic E-state index is 0.769. The van der Waals surface area contributed by atoms with E-state index < -0.39 is 0 Å². The van der Waals surface area contributed by atoms with Gasteiger partial charge in [0.1, 0.15) is 0 Å². The quantitative estimate of drug-likeness (QED) is 0.773. The van der Waals surface area contributed by atoms with E-state index in [2.05, 4.69) is 24.0 Å². The first-order chi connectivity index (χ1) is 7.33. The number of hydrogen-bond donors (Lipinski definition) is 1. The van der Waals surface area contributed by atoms with Gasteiger partial charge in [-0.3, -0.25) is 4.98 Å². The van der Waals surface area contributed by atoms with Gasteiger partial charge in [-0.05, 0) is 30.5 Å². The lowest BCUT2D eigenvalue weighted by Gasteiger charge is -2.07. The van der Waals surface area contributed by atoms with Crippen LogP contribution in [0.5, 0.6) is 0 Å². The van der Waals surface area contributed by atoms with E-state index >= 15 is 0 Å². The summed E-state index contributed by atoms with van der Waals surface area (Å²) in [6.45, 7) is 2.21. The van der Waals surface area contributed by atoms with Crippen molar-refractivity contribution in [2.75, 3.05) is 5.73 Å². The summed E-state index contributed by atoms with van der Waals surface area (Å²) in [4.78, 5) is 4.32. The van der Waals surface area contributed by atoms with Crippen LogP contribution in [0.1, 0.15) is 25.3 Å². The third kappa shape index (κ3) is 1.94. The van der Waals surface area contributed by atoms with Crippen molar-refractivity contribution in [3.8, 4) is 0 Å². The summed E-state index contributed by atoms with van der Waals surface area (Å²) >= 11 is 0. The molecular weight excluding hydrogens is 184 g/mol. The van der Waals surface area contributed by atoms with Crippen LogP contribution in [-0.2, 0) is 6.42 Å². The fourth-order valence-electron chi connectivity index (χ4n) is 1.84. The first kappa shape index (κ1) is 9.97. The number of benzene rings is 1. The monoisotopic (exact) mass is 200 g/mol. The van der Waals surface area contributed by atoms with Crippen LogP contribution in [0.25, 0.3) is 10.9 Å². The molecule has 0 radical (unpaired) electrons. The summed E-state index contributed by atoms with van der Waals surface area (Å²) in [5.74, 6) is 0. The number of hydrogen-bond acceptors (Lipinski definition) is 2. The summed E-state index contributed by atoms with van der Waals surface area (Å²) in [6.07, 6.45) is 5.33. The Balaban J connectivity index is 2.51. The van der Waals surface area contributed by atoms with E-state index in [1.54, 1.807) is 6.20 Å². The van der Waals surface area contributed by atoms with Crippen molar-refractivity contribution in [2.24, 2.45) is 0 Å². The molecule has 15 heavy (non-hydrogen) atoms. The molecule has 0 amide bonds. The number of nitrogen functional groups attached to an aromatic ring is 1. The van der Waals surface area contributed by atoms with E-state index in [0.717, 1.165) is 17.6 Å². The molecule has 0 aliphatic heterocycles. The van der Waals surface area contributed by atoms with Crippen molar-refractivity contribution < 1.29 is 0 Å². The lowest BCUT2D eigenvalue weighted by molar-refractivity contribution is 0.799. The molecule has 1 aromatic heterocycles. The topological polar surface area (TPSA) is 38.9 Å². The molecule has 0 aliphatic rings. The van der Waals surface area contributed by atoms with Crippen molar-refractivity contribution in [3.05, 3.63) is 36.0 Å². The van der Waals surface area contributed by atoms with Crippen molar-refractivity contribution in [1.82, 2.24) is 4.98 Å². The van der Waals surface area contributed by atoms with Gasteiger partial charge >= 0.3 is 0 Å². The van der Waals surface area contributed by atoms with Crippen molar-refractivity contribution in [2.45, 2.75) is 26.2 Å². The SMILES string of the molecule is CCCCc1ccc(N)c2ncccc12. The number of pyridine rings is 1. The van der Waals surface area contributed by atoms with Gasteiger partial charge < -0.3 is 5.73 Å². The Morgan fingerprint density at radius 1 is 1.27 bits per heavy atom. The van der Waals surface area contributed by atoms with Gasteiger partial charge in [0.15, 0.2) is 0 Å². The van der Waals surface area contributed by atoms with E-state index in [4.69, 9.17) is 5.73 Å². The van der Waals surface area contributed by atoms with Crippen LogP contribution in [0.4, 0.5) is 5.69 Å². The zero-order valence-corrected chi connectivity index (χ0v) is 9.03. The second-order valence-electron chi connectivity index (χ2n) is 3.82. The third-order valence-electron chi connectivity index (χ3n) is 2.69. The molecule has 0 fully saturated rings. The molecule has 0 saturated heterocycles. The van der Waals surface area contributed by atoms with Crippen LogP contribution in [0.3, 0.4) is 0 Å². The molecule has 0 aliphatic carbocycles. The van der Waals surface area contributed by atoms with Gasteiger partial charge in [-0.2, -0.15) is 0 Å². The van der Waals surface area contributed by atoms with Crippen LogP contribution < -0.4 is 5.73 Å². The van der Waals surface area contributed by atoms with Crippen LogP contribution in [0.15, 0.2) is 30.5 Å². The molecule has 0 saturated carbocycles. The normalized spacial score (nSPS) is 10.7. The molecular formula is C13H16N2. The molecule has 0 atom stereocenters. The Hall–Kier alpha value is -1.57. The molecule has 78 valence electrons. The number of fused-ring (bicyclic) bond motifs is 1. The Morgan fingerprint density at radius 3 is 2.93 bits per heavy atom. The summed E-state index contributed by atoms with van der Waals surface area (Å²) in [7, 11) is 0. The fraction of sp³-hybridized carbons (Fsp3) is 0.308. The summed E-state index contributed by atoms with van der Waals surface area (Å²) in [5.41, 5.74) is 8.95. The highest BCUT2D eigenvalue weighted by Crippen LogP contribution is 2.23. The largest absolute Gasteiger partial charge is 0.397 e. The molecule has 0 bridgehead atoms. The van der Waals surface area contributed by atoms with Crippen LogP contribution in [-0.4, -0.2) is 4.98 Å². The van der Waals surface area contributed by atoms with E-state index in [1.165, 1.54) is 23.8 Å². The summed E-state index contributed by atoms with van der Waals surface area (Å²) in [6, 6.07) is 8.15. The Bertz CT molecular complexity index is 463. The maximum Gasteiger partial charge on any atom is 0.0933 e. The Kier molecular flexibility index (Phi) is 2.86. The summed E-state index contributed by atoms with van der Waals surface area (Å²) < 4.78 is 0. The molecule has 1 heterocycles. The number of unbranched alkanes of at least 4 members (excludes halogenated alkanes) is 1. The Labute approximate surface area is 90.1 Å². The van der Waals surface area contributed by atoms with Gasteiger partial charge in [0.2, 0.25) is 0 Å². The molecule has 2 rings (SSSR count). The number of anilines is 1. The maximum atomic E-state index is 5.89. The van der Waals surface area contributed by atoms with E-state index in [1.807, 2.05) is 12.1 Å². The van der Waals surface area contributed by atoms with Crippen molar-refractivity contribution >= 4 is 16.6 Å². The minimum Gasteiger partial charge on any atom is -0.397 e. The number of nitrogens with zero attached hydrogens (tertiary/aromatic N) is 1. The zero-order chi connectivity index (χ0) is 10.7. The summed E-state index contributed by atoms with van der Waals surface area (Å²) in [5, 5.41) is 1.20. The number of nitrogens with two attached hydrogens (primary N) is 1. The highest BCUT2D eigenvalue weighted by atomic mass is 14.7. The van der Waals surface area contributed by atoms with Crippen molar-refractivity contribution in [1.29, 1.82) is 0 Å². The Morgan fingerprint density at radius 2 is 2.13 bits per heavy atom. The van der Waals surface area contributed by atoms with Crippen LogP contribution in [0.2, 0.25) is 0 Å². The van der Waals surface area contributed by atoms with Crippen molar-refractivity contribution in [3.63, 3.8) is 0 Å². The number of aryl methyl sites for hydroxylation is 1. The third-order valence-corrected chi connectivity index (χ3v) is 2.69. The second-order valence-corrected chi connectivity index (χ2v) is 3.82. The average molecular weight is 200 g/mol. The molecule has 2 nitrogen and oxygen atoms in total. The smallest absolute Gasteiger partial charge is 0.0933 e. The molecule has 1 aromatic carbocycles. The molecule has 2 aromatic rings. The fourth-order valence-corrected chi connectivity index (χ4v) is 1.84. The van der Waals surface area contributed by atoms with E-state index in [-0.39, 0.29) is 0 Å². The molecule has 2 heteroatoms. The lowest BCUT2D eigenvalue weighted by Crippen LogP contribution is -1.93. The van der Waals surface area contributed by atoms with Gasteiger partial charge in [-0.1, -0.05) is 25.5 Å². The van der Waals surface area contributed by atoms with Crippen LogP contribution >= 0.6 is 0 Å². The predicted molar refractivity (Wildman–Crippen MR) is 64.8 cm³/mol. The second kappa shape index (κ2) is 4.30. The van der Waals surface area contributed by atoms with Gasteiger partial charge in [0.05, 0.1) is 11.2 Å². The highest BCUT2D eigenvalue weighted by molar-refractivity contribution is 5.91. The molecule has 0 unspecified atom stereocenters. The lowest BCUT2D eigenvalue weighted by atomic mass is 10.0. The van der Waals surface area contributed by atoms with Crippen LogP contribution in [0, 0.1) is 0 Å². The van der Waals surface area contributed by atoms with Gasteiger partial charge in [-0.15, -0.1) is 0 Å². The first-order valence-corrected chi connectivity index (χ1v) is 5.45. The average Bonchev–Trinajstić information content (AvgIpc) is 2.29. The van der Waals surface area contributed by atoms with Gasteiger partial charge in [0.25, 0.3) is 0 Å². The van der Waals surface area contributed by atoms with Gasteiger partial charge in [0, 0.05) is 11.6 Å². The standard InChI is InChI=1S/C13H16N2/c1-2-3-5-10-7-8-12(14)13-11(10)6-4-9-15-13/h4,6-9H,2-3,5,14H2,1H3. The highest BCUT2D eigenvalue weighted by Gasteiger charge is 2.03. The number of rotatable bonds is 3. The number of aromatic nitrogens is 1. The minimum atomic E-state index is 0.769. The maximum absolute atomic E-state index is 5.89. The molecule has 2 N–H and O–H groups in total. The van der Waals surface area contributed by atoms with E-state index in [0.29, 0.717) is 0 Å². The van der Waals surface area contributed by atoms with E-state index in [9.17, 15) is 0 Å². The zero-order valence-electron chi connectivity index (χ0n) is 9.03. The molecule has 0 spiro atoms. The van der Waals surface area contributed by atoms with Gasteiger partial charge in [-0.25, -0.2) is 0 Å². The first-order valence-electron chi connectivity index (χ1n) is 5.45.